The minimum atomic E-state index is -5.41. The normalized spacial score (nSPS) is 41.0. The maximum Gasteiger partial charge on any atom is 0.191 e. The van der Waals surface area contributed by atoms with Crippen molar-refractivity contribution in [3.8, 4) is 0 Å². The van der Waals surface area contributed by atoms with Crippen LogP contribution in [0.5, 0.6) is 0 Å². The second-order valence-electron chi connectivity index (χ2n) is 3.25. The van der Waals surface area contributed by atoms with Crippen LogP contribution in [-0.2, 0) is 13.8 Å². The Morgan fingerprint density at radius 3 is 2.19 bits per heavy atom. The van der Waals surface area contributed by atoms with Gasteiger partial charge in [0.25, 0.3) is 0 Å². The fourth-order valence-electron chi connectivity index (χ4n) is 1.28. The molecule has 0 aromatic carbocycles. The topological polar surface area (TPSA) is 163 Å². The van der Waals surface area contributed by atoms with Crippen LogP contribution in [0.15, 0.2) is 0 Å². The van der Waals surface area contributed by atoms with E-state index in [2.05, 4.69) is 9.26 Å². The van der Waals surface area contributed by atoms with Gasteiger partial charge < -0.3 is 44.0 Å². The van der Waals surface area contributed by atoms with Crippen LogP contribution in [0.2, 0.25) is 0 Å². The average molecular weight is 258 g/mol. The molecule has 16 heavy (non-hydrogen) atoms. The van der Waals surface area contributed by atoms with Gasteiger partial charge in [-0.25, -0.2) is 0 Å². The number of rotatable bonds is 3. The van der Waals surface area contributed by atoms with Crippen molar-refractivity contribution in [2.24, 2.45) is 0 Å². The Morgan fingerprint density at radius 1 is 1.19 bits per heavy atom. The van der Waals surface area contributed by atoms with Gasteiger partial charge in [-0.1, -0.05) is 0 Å². The number of hydrogen-bond donors (Lipinski definition) is 4. The van der Waals surface area contributed by atoms with Gasteiger partial charge in [-0.2, -0.15) is 0 Å². The van der Waals surface area contributed by atoms with Gasteiger partial charge in [-0.3, -0.25) is 0 Å². The van der Waals surface area contributed by atoms with Crippen molar-refractivity contribution in [1.82, 2.24) is 0 Å². The van der Waals surface area contributed by atoms with E-state index >= 15 is 0 Å². The molecule has 10 heteroatoms. The largest absolute Gasteiger partial charge is 0.790 e. The monoisotopic (exact) mass is 258 g/mol. The van der Waals surface area contributed by atoms with Crippen molar-refractivity contribution >= 4 is 7.82 Å². The quantitative estimate of drug-likeness (QED) is 0.366. The Morgan fingerprint density at radius 2 is 1.75 bits per heavy atom. The van der Waals surface area contributed by atoms with E-state index < -0.39 is 45.1 Å². The lowest BCUT2D eigenvalue weighted by molar-refractivity contribution is -0.368. The first kappa shape index (κ1) is 14.0. The van der Waals surface area contributed by atoms with Gasteiger partial charge in [0, 0.05) is 0 Å². The maximum absolute atomic E-state index is 10.3. The molecular formula is C6H11O9P-2. The van der Waals surface area contributed by atoms with Crippen LogP contribution < -0.4 is 9.79 Å². The summed E-state index contributed by atoms with van der Waals surface area (Å²) in [6.07, 6.45) is -8.61. The molecule has 96 valence electrons. The Hall–Kier alpha value is -0.0900. The van der Waals surface area contributed by atoms with E-state index in [1.807, 2.05) is 0 Å². The predicted molar refractivity (Wildman–Crippen MR) is 42.5 cm³/mol. The summed E-state index contributed by atoms with van der Waals surface area (Å²) in [6, 6.07) is 0. The second kappa shape index (κ2) is 5.05. The lowest BCUT2D eigenvalue weighted by Gasteiger charge is -2.43. The van der Waals surface area contributed by atoms with Gasteiger partial charge in [0.05, 0.1) is 14.4 Å². The van der Waals surface area contributed by atoms with Gasteiger partial charge >= 0.3 is 0 Å². The van der Waals surface area contributed by atoms with Crippen molar-refractivity contribution in [2.75, 3.05) is 6.61 Å². The van der Waals surface area contributed by atoms with Crippen molar-refractivity contribution < 1.29 is 44.0 Å². The van der Waals surface area contributed by atoms with Crippen LogP contribution in [0.4, 0.5) is 0 Å². The molecule has 1 fully saturated rings. The molecule has 1 unspecified atom stereocenters. The highest BCUT2D eigenvalue weighted by Gasteiger charge is 2.44. The number of aliphatic hydroxyl groups excluding tert-OH is 4. The molecule has 0 radical (unpaired) electrons. The Kier molecular flexibility index (Phi) is 4.41. The van der Waals surface area contributed by atoms with Crippen molar-refractivity contribution in [2.45, 2.75) is 30.7 Å². The third kappa shape index (κ3) is 3.20. The summed E-state index contributed by atoms with van der Waals surface area (Å²) < 4.78 is 18.7. The third-order valence-corrected chi connectivity index (χ3v) is 2.55. The van der Waals surface area contributed by atoms with Crippen molar-refractivity contribution in [3.05, 3.63) is 0 Å². The van der Waals surface area contributed by atoms with E-state index in [0.717, 1.165) is 0 Å². The zero-order valence-electron chi connectivity index (χ0n) is 7.87. The minimum absolute atomic E-state index is 0.743. The molecule has 0 amide bonds. The highest BCUT2D eigenvalue weighted by atomic mass is 31.2. The maximum atomic E-state index is 10.3. The number of hydrogen-bond acceptors (Lipinski definition) is 9. The van der Waals surface area contributed by atoms with Gasteiger partial charge in [0.2, 0.25) is 0 Å². The summed E-state index contributed by atoms with van der Waals surface area (Å²) in [5, 5.41) is 36.5. The van der Waals surface area contributed by atoms with Crippen LogP contribution in [0.1, 0.15) is 0 Å². The van der Waals surface area contributed by atoms with Crippen LogP contribution in [0, 0.1) is 0 Å². The summed E-state index contributed by atoms with van der Waals surface area (Å²) in [5.74, 6) is 0. The lowest BCUT2D eigenvalue weighted by Crippen LogP contribution is -2.59. The molecular weight excluding hydrogens is 247 g/mol. The smallest absolute Gasteiger partial charge is 0.191 e. The van der Waals surface area contributed by atoms with Crippen LogP contribution >= 0.6 is 7.82 Å². The van der Waals surface area contributed by atoms with E-state index in [4.69, 9.17) is 5.11 Å². The second-order valence-corrected chi connectivity index (χ2v) is 4.36. The number of phosphoric acid groups is 1. The van der Waals surface area contributed by atoms with Crippen molar-refractivity contribution in [3.63, 3.8) is 0 Å². The molecule has 1 saturated heterocycles. The van der Waals surface area contributed by atoms with Crippen LogP contribution in [0.3, 0.4) is 0 Å². The first-order valence-electron chi connectivity index (χ1n) is 4.27. The summed E-state index contributed by atoms with van der Waals surface area (Å²) in [5.41, 5.74) is 0. The number of aliphatic hydroxyl groups is 4. The molecule has 0 bridgehead atoms. The molecule has 4 N–H and O–H groups in total. The average Bonchev–Trinajstić information content (AvgIpc) is 2.17. The highest BCUT2D eigenvalue weighted by Crippen LogP contribution is 2.33. The summed E-state index contributed by atoms with van der Waals surface area (Å²) in [4.78, 5) is 20.6. The fraction of sp³-hybridized carbons (Fsp3) is 1.00. The van der Waals surface area contributed by atoms with E-state index in [9.17, 15) is 29.7 Å². The fourth-order valence-corrected chi connectivity index (χ4v) is 1.71. The van der Waals surface area contributed by atoms with E-state index in [0.29, 0.717) is 0 Å². The van der Waals surface area contributed by atoms with E-state index in [1.54, 1.807) is 0 Å². The molecule has 0 aromatic heterocycles. The zero-order valence-corrected chi connectivity index (χ0v) is 8.77. The Bertz CT molecular complexity index is 275. The first-order valence-corrected chi connectivity index (χ1v) is 5.73. The van der Waals surface area contributed by atoms with E-state index in [-0.39, 0.29) is 0 Å². The summed E-state index contributed by atoms with van der Waals surface area (Å²) >= 11 is 0. The lowest BCUT2D eigenvalue weighted by atomic mass is 10.00. The van der Waals surface area contributed by atoms with Gasteiger partial charge in [-0.05, 0) is 0 Å². The molecule has 0 aliphatic carbocycles. The SMILES string of the molecule is O=P([O-])([O-])OC1O[C@@H](CO)[C@@H](O)[C@@H](O)[C@@H]1O. The van der Waals surface area contributed by atoms with Crippen molar-refractivity contribution in [1.29, 1.82) is 0 Å². The molecule has 9 nitrogen and oxygen atoms in total. The van der Waals surface area contributed by atoms with Crippen LogP contribution in [0.25, 0.3) is 0 Å². The Balaban J connectivity index is 2.75. The molecule has 0 spiro atoms. The molecule has 1 aliphatic rings. The molecule has 1 heterocycles. The summed E-state index contributed by atoms with van der Waals surface area (Å²) in [6.45, 7) is -0.743. The molecule has 0 saturated carbocycles. The van der Waals surface area contributed by atoms with Crippen LogP contribution in [-0.4, -0.2) is 57.7 Å². The minimum Gasteiger partial charge on any atom is -0.790 e. The predicted octanol–water partition coefficient (Wildman–Crippen LogP) is -4.37. The Labute approximate surface area is 90.1 Å². The number of phosphoric ester groups is 1. The highest BCUT2D eigenvalue weighted by molar-refractivity contribution is 7.43. The molecule has 5 atom stereocenters. The van der Waals surface area contributed by atoms with Gasteiger partial charge in [0.1, 0.15) is 24.4 Å². The standard InChI is InChI=1S/C6H13O9P/c7-1-2-3(8)4(9)5(10)6(14-2)15-16(11,12)13/h2-10H,1H2,(H2,11,12,13)/p-2/t2-,3+,4+,5-,6?/m0/s1. The molecule has 1 rings (SSSR count). The summed E-state index contributed by atoms with van der Waals surface area (Å²) in [7, 11) is -5.41. The van der Waals surface area contributed by atoms with Gasteiger partial charge in [0.15, 0.2) is 6.29 Å². The van der Waals surface area contributed by atoms with Gasteiger partial charge in [-0.15, -0.1) is 0 Å². The number of ether oxygens (including phenoxy) is 1. The molecule has 0 aromatic rings. The first-order chi connectivity index (χ1) is 7.26. The zero-order chi connectivity index (χ0) is 12.5. The molecule has 1 aliphatic heterocycles. The van der Waals surface area contributed by atoms with E-state index in [1.165, 1.54) is 0 Å². The third-order valence-electron chi connectivity index (χ3n) is 2.08.